The highest BCUT2D eigenvalue weighted by Crippen LogP contribution is 2.34. The Morgan fingerprint density at radius 3 is 1.94 bits per heavy atom. The summed E-state index contributed by atoms with van der Waals surface area (Å²) in [5.41, 5.74) is 5.07. The van der Waals surface area contributed by atoms with Crippen molar-refractivity contribution in [2.75, 3.05) is 23.2 Å². The van der Waals surface area contributed by atoms with Gasteiger partial charge in [-0.1, -0.05) is 48.0 Å². The number of ether oxygens (including phenoxy) is 1. The van der Waals surface area contributed by atoms with Crippen LogP contribution in [-0.4, -0.2) is 33.4 Å². The first-order valence-electron chi connectivity index (χ1n) is 9.86. The number of aromatic nitrogens is 3. The number of nitrogens with zero attached hydrogens (tertiary/aromatic N) is 4. The fourth-order valence-corrected chi connectivity index (χ4v) is 3.05. The Bertz CT molecular complexity index is 1190. The lowest BCUT2D eigenvalue weighted by Crippen LogP contribution is -2.07. The number of benzene rings is 3. The number of halogens is 1. The maximum absolute atomic E-state index is 9.87. The van der Waals surface area contributed by atoms with Crippen molar-refractivity contribution in [2.24, 2.45) is 5.10 Å². The van der Waals surface area contributed by atoms with Crippen molar-refractivity contribution in [3.8, 4) is 11.5 Å². The van der Waals surface area contributed by atoms with Crippen LogP contribution in [0.25, 0.3) is 0 Å². The van der Waals surface area contributed by atoms with Crippen LogP contribution in [0, 0.1) is 0 Å². The minimum atomic E-state index is -0.130. The van der Waals surface area contributed by atoms with Gasteiger partial charge in [-0.3, -0.25) is 0 Å². The van der Waals surface area contributed by atoms with Crippen molar-refractivity contribution in [1.29, 1.82) is 0 Å². The lowest BCUT2D eigenvalue weighted by atomic mass is 10.2. The second-order valence-corrected chi connectivity index (χ2v) is 7.12. The van der Waals surface area contributed by atoms with E-state index in [2.05, 4.69) is 36.1 Å². The molecule has 0 radical (unpaired) electrons. The Kier molecular flexibility index (Phi) is 6.81. The number of anilines is 5. The third-order valence-electron chi connectivity index (χ3n) is 4.34. The minimum absolute atomic E-state index is 0.130. The molecule has 0 saturated heterocycles. The Morgan fingerprint density at radius 1 is 0.848 bits per heavy atom. The van der Waals surface area contributed by atoms with Gasteiger partial charge in [0, 0.05) is 11.4 Å². The van der Waals surface area contributed by atoms with Gasteiger partial charge in [0.2, 0.25) is 17.8 Å². The molecule has 1 aromatic heterocycles. The van der Waals surface area contributed by atoms with Crippen LogP contribution in [-0.2, 0) is 0 Å². The summed E-state index contributed by atoms with van der Waals surface area (Å²) in [6, 6.07) is 22.3. The van der Waals surface area contributed by atoms with Crippen LogP contribution >= 0.6 is 11.6 Å². The van der Waals surface area contributed by atoms with Gasteiger partial charge < -0.3 is 20.5 Å². The van der Waals surface area contributed by atoms with Crippen LogP contribution in [0.5, 0.6) is 11.5 Å². The van der Waals surface area contributed by atoms with Crippen molar-refractivity contribution in [1.82, 2.24) is 15.0 Å². The van der Waals surface area contributed by atoms with E-state index >= 15 is 0 Å². The van der Waals surface area contributed by atoms with E-state index in [1.807, 2.05) is 60.7 Å². The number of hydrogen-bond donors (Lipinski definition) is 4. The second-order valence-electron chi connectivity index (χ2n) is 6.71. The van der Waals surface area contributed by atoms with Gasteiger partial charge >= 0.3 is 0 Å². The van der Waals surface area contributed by atoms with Crippen LogP contribution in [0.2, 0.25) is 5.02 Å². The van der Waals surface area contributed by atoms with Crippen LogP contribution in [0.3, 0.4) is 0 Å². The lowest BCUT2D eigenvalue weighted by Gasteiger charge is -2.10. The highest BCUT2D eigenvalue weighted by Gasteiger charge is 2.09. The number of methoxy groups -OCH3 is 1. The summed E-state index contributed by atoms with van der Waals surface area (Å²) in [6.45, 7) is 0. The summed E-state index contributed by atoms with van der Waals surface area (Å²) in [5.74, 6) is 1.00. The summed E-state index contributed by atoms with van der Waals surface area (Å²) < 4.78 is 5.11. The number of hydrazone groups is 1. The molecule has 0 amide bonds. The molecule has 0 atom stereocenters. The van der Waals surface area contributed by atoms with E-state index in [0.29, 0.717) is 17.5 Å². The Balaban J connectivity index is 1.58. The molecule has 0 spiro atoms. The molecule has 0 fully saturated rings. The van der Waals surface area contributed by atoms with Crippen molar-refractivity contribution < 1.29 is 9.84 Å². The molecule has 0 aliphatic heterocycles. The van der Waals surface area contributed by atoms with Crippen LogP contribution < -0.4 is 20.8 Å². The molecular formula is C23H20ClN7O2. The Morgan fingerprint density at radius 2 is 1.39 bits per heavy atom. The molecule has 9 nitrogen and oxygen atoms in total. The van der Waals surface area contributed by atoms with Gasteiger partial charge in [-0.15, -0.1) is 0 Å². The average Bonchev–Trinajstić information content (AvgIpc) is 2.82. The monoisotopic (exact) mass is 461 g/mol. The second kappa shape index (κ2) is 10.3. The average molecular weight is 462 g/mol. The number of phenols is 1. The Labute approximate surface area is 195 Å². The number of phenolic OH excluding ortho intramolecular Hbond substituents is 1. The summed E-state index contributed by atoms with van der Waals surface area (Å²) in [6.07, 6.45) is 1.51. The van der Waals surface area contributed by atoms with Gasteiger partial charge in [0.25, 0.3) is 0 Å². The maximum atomic E-state index is 9.87. The minimum Gasteiger partial charge on any atom is -0.503 e. The first-order valence-corrected chi connectivity index (χ1v) is 10.2. The zero-order chi connectivity index (χ0) is 23.0. The van der Waals surface area contributed by atoms with E-state index in [1.54, 1.807) is 12.1 Å². The van der Waals surface area contributed by atoms with E-state index in [4.69, 9.17) is 16.3 Å². The van der Waals surface area contributed by atoms with Crippen molar-refractivity contribution in [2.45, 2.75) is 0 Å². The smallest absolute Gasteiger partial charge is 0.250 e. The standard InChI is InChI=1S/C23H20ClN7O2/c1-33-19-13-15(12-18(24)20(19)32)14-25-31-23-29-21(26-16-8-4-2-5-9-16)28-22(30-23)27-17-10-6-3-7-11-17/h2-14,32H,1H3,(H3,26,27,28,29,30,31)/b25-14+. The molecule has 10 heteroatoms. The highest BCUT2D eigenvalue weighted by molar-refractivity contribution is 6.32. The normalized spacial score (nSPS) is 10.7. The molecule has 166 valence electrons. The SMILES string of the molecule is COc1cc(/C=N/Nc2nc(Nc3ccccc3)nc(Nc3ccccc3)n2)cc(Cl)c1O. The number of hydrogen-bond acceptors (Lipinski definition) is 9. The third-order valence-corrected chi connectivity index (χ3v) is 4.63. The largest absolute Gasteiger partial charge is 0.503 e. The summed E-state index contributed by atoms with van der Waals surface area (Å²) in [7, 11) is 1.44. The number of para-hydroxylation sites is 2. The molecule has 4 aromatic rings. The van der Waals surface area contributed by atoms with E-state index in [0.717, 1.165) is 11.4 Å². The lowest BCUT2D eigenvalue weighted by molar-refractivity contribution is 0.373. The topological polar surface area (TPSA) is 117 Å². The van der Waals surface area contributed by atoms with Crippen LogP contribution in [0.4, 0.5) is 29.2 Å². The van der Waals surface area contributed by atoms with Gasteiger partial charge in [-0.2, -0.15) is 20.1 Å². The quantitative estimate of drug-likeness (QED) is 0.210. The van der Waals surface area contributed by atoms with Gasteiger partial charge in [0.05, 0.1) is 18.3 Å². The van der Waals surface area contributed by atoms with E-state index in [1.165, 1.54) is 13.3 Å². The number of rotatable bonds is 8. The summed E-state index contributed by atoms with van der Waals surface area (Å²) >= 11 is 6.03. The molecule has 0 bridgehead atoms. The fraction of sp³-hybridized carbons (Fsp3) is 0.0435. The molecule has 0 aliphatic carbocycles. The van der Waals surface area contributed by atoms with E-state index in [9.17, 15) is 5.11 Å². The van der Waals surface area contributed by atoms with Crippen LogP contribution in [0.1, 0.15) is 5.56 Å². The van der Waals surface area contributed by atoms with Gasteiger partial charge in [-0.05, 0) is 42.0 Å². The molecule has 1 heterocycles. The predicted molar refractivity (Wildman–Crippen MR) is 130 cm³/mol. The molecule has 4 N–H and O–H groups in total. The molecule has 0 aliphatic rings. The fourth-order valence-electron chi connectivity index (χ4n) is 2.83. The third kappa shape index (κ3) is 5.86. The van der Waals surface area contributed by atoms with Crippen molar-refractivity contribution in [3.05, 3.63) is 83.4 Å². The molecule has 33 heavy (non-hydrogen) atoms. The van der Waals surface area contributed by atoms with Crippen molar-refractivity contribution >= 4 is 47.0 Å². The zero-order valence-corrected chi connectivity index (χ0v) is 18.3. The van der Waals surface area contributed by atoms with E-state index < -0.39 is 0 Å². The molecule has 4 rings (SSSR count). The van der Waals surface area contributed by atoms with Gasteiger partial charge in [0.15, 0.2) is 11.5 Å². The molecular weight excluding hydrogens is 442 g/mol. The van der Waals surface area contributed by atoms with Gasteiger partial charge in [-0.25, -0.2) is 5.43 Å². The highest BCUT2D eigenvalue weighted by atomic mass is 35.5. The summed E-state index contributed by atoms with van der Waals surface area (Å²) in [5, 5.41) is 20.5. The summed E-state index contributed by atoms with van der Waals surface area (Å²) in [4.78, 5) is 13.2. The van der Waals surface area contributed by atoms with Crippen molar-refractivity contribution in [3.63, 3.8) is 0 Å². The molecule has 3 aromatic carbocycles. The zero-order valence-electron chi connectivity index (χ0n) is 17.5. The van der Waals surface area contributed by atoms with Gasteiger partial charge in [0.1, 0.15) is 0 Å². The first kappa shape index (κ1) is 21.8. The van der Waals surface area contributed by atoms with E-state index in [-0.39, 0.29) is 22.5 Å². The molecule has 0 saturated carbocycles. The first-order chi connectivity index (χ1) is 16.1. The predicted octanol–water partition coefficient (Wildman–Crippen LogP) is 5.17. The number of aromatic hydroxyl groups is 1. The molecule has 0 unspecified atom stereocenters. The van der Waals surface area contributed by atoms with Crippen LogP contribution in [0.15, 0.2) is 77.9 Å². The maximum Gasteiger partial charge on any atom is 0.250 e. The number of nitrogens with one attached hydrogen (secondary N) is 3. The Hall–Kier alpha value is -4.37.